The molecular weight excluding hydrogens is 332 g/mol. The van der Waals surface area contributed by atoms with Crippen molar-refractivity contribution in [3.05, 3.63) is 106 Å². The molecule has 0 aliphatic rings. The molecule has 3 heteroatoms. The van der Waals surface area contributed by atoms with Gasteiger partial charge in [-0.2, -0.15) is 0 Å². The highest BCUT2D eigenvalue weighted by Crippen LogP contribution is 2.16. The minimum Gasteiger partial charge on any atom is -0.268 e. The third-order valence-corrected chi connectivity index (χ3v) is 4.60. The first-order valence-electron chi connectivity index (χ1n) is 8.95. The summed E-state index contributed by atoms with van der Waals surface area (Å²) in [4.78, 5) is 17.9. The highest BCUT2D eigenvalue weighted by Gasteiger charge is 2.10. The molecule has 1 heterocycles. The van der Waals surface area contributed by atoms with Crippen molar-refractivity contribution < 1.29 is 0 Å². The van der Waals surface area contributed by atoms with Gasteiger partial charge < -0.3 is 0 Å². The number of aromatic nitrogens is 2. The molecule has 4 rings (SSSR count). The van der Waals surface area contributed by atoms with Gasteiger partial charge in [0.2, 0.25) is 0 Å². The summed E-state index contributed by atoms with van der Waals surface area (Å²) in [5, 5.41) is 0.616. The third-order valence-electron chi connectivity index (χ3n) is 4.60. The molecule has 3 nitrogen and oxygen atoms in total. The SMILES string of the molecule is Cc1ccc(C=Cc2nc3ccccc3c(=O)n2-c2ccc(C)cc2)cc1. The fraction of sp³-hybridized carbons (Fsp3) is 0.0833. The van der Waals surface area contributed by atoms with Gasteiger partial charge in [-0.05, 0) is 49.8 Å². The molecule has 0 radical (unpaired) electrons. The van der Waals surface area contributed by atoms with E-state index in [9.17, 15) is 4.79 Å². The second-order valence-electron chi connectivity index (χ2n) is 6.71. The monoisotopic (exact) mass is 352 g/mol. The van der Waals surface area contributed by atoms with E-state index in [1.165, 1.54) is 5.56 Å². The van der Waals surface area contributed by atoms with Gasteiger partial charge in [0.25, 0.3) is 5.56 Å². The van der Waals surface area contributed by atoms with Crippen molar-refractivity contribution in [3.8, 4) is 5.69 Å². The van der Waals surface area contributed by atoms with Crippen LogP contribution in [0.2, 0.25) is 0 Å². The van der Waals surface area contributed by atoms with E-state index in [0.29, 0.717) is 16.7 Å². The van der Waals surface area contributed by atoms with E-state index in [4.69, 9.17) is 4.98 Å². The molecule has 0 unspecified atom stereocenters. The van der Waals surface area contributed by atoms with Gasteiger partial charge in [-0.25, -0.2) is 4.98 Å². The van der Waals surface area contributed by atoms with E-state index >= 15 is 0 Å². The Morgan fingerprint density at radius 2 is 1.41 bits per heavy atom. The Morgan fingerprint density at radius 1 is 0.778 bits per heavy atom. The zero-order chi connectivity index (χ0) is 18.8. The first kappa shape index (κ1) is 17.0. The van der Waals surface area contributed by atoms with Crippen molar-refractivity contribution in [2.45, 2.75) is 13.8 Å². The summed E-state index contributed by atoms with van der Waals surface area (Å²) in [5.41, 5.74) is 4.89. The summed E-state index contributed by atoms with van der Waals surface area (Å²) in [5.74, 6) is 0.614. The van der Waals surface area contributed by atoms with Gasteiger partial charge in [-0.1, -0.05) is 65.7 Å². The largest absolute Gasteiger partial charge is 0.268 e. The molecule has 0 amide bonds. The predicted molar refractivity (Wildman–Crippen MR) is 112 cm³/mol. The smallest absolute Gasteiger partial charge is 0.266 e. The number of fused-ring (bicyclic) bond motifs is 1. The highest BCUT2D eigenvalue weighted by atomic mass is 16.1. The molecule has 0 aliphatic carbocycles. The Labute approximate surface area is 158 Å². The zero-order valence-corrected chi connectivity index (χ0v) is 15.4. The number of aryl methyl sites for hydroxylation is 2. The van der Waals surface area contributed by atoms with E-state index in [1.807, 2.05) is 67.6 Å². The molecule has 0 saturated carbocycles. The molecule has 0 atom stereocenters. The van der Waals surface area contributed by atoms with Crippen molar-refractivity contribution in [2.75, 3.05) is 0 Å². The van der Waals surface area contributed by atoms with Crippen LogP contribution in [0.3, 0.4) is 0 Å². The summed E-state index contributed by atoms with van der Waals surface area (Å²) in [6, 6.07) is 23.6. The zero-order valence-electron chi connectivity index (χ0n) is 15.4. The fourth-order valence-electron chi connectivity index (χ4n) is 3.05. The fourth-order valence-corrected chi connectivity index (χ4v) is 3.05. The Balaban J connectivity index is 1.92. The first-order valence-corrected chi connectivity index (χ1v) is 8.95. The Hall–Kier alpha value is -3.46. The lowest BCUT2D eigenvalue weighted by Crippen LogP contribution is -2.22. The lowest BCUT2D eigenvalue weighted by atomic mass is 10.1. The van der Waals surface area contributed by atoms with Crippen molar-refractivity contribution in [1.82, 2.24) is 9.55 Å². The summed E-state index contributed by atoms with van der Waals surface area (Å²) >= 11 is 0. The van der Waals surface area contributed by atoms with Gasteiger partial charge in [-0.3, -0.25) is 9.36 Å². The maximum absolute atomic E-state index is 13.2. The molecule has 1 aromatic heterocycles. The minimum absolute atomic E-state index is 0.0620. The summed E-state index contributed by atoms with van der Waals surface area (Å²) in [6.07, 6.45) is 3.89. The molecule has 0 fully saturated rings. The number of hydrogen-bond acceptors (Lipinski definition) is 2. The molecule has 4 aromatic rings. The van der Waals surface area contributed by atoms with Crippen molar-refractivity contribution in [3.63, 3.8) is 0 Å². The molecule has 27 heavy (non-hydrogen) atoms. The van der Waals surface area contributed by atoms with Crippen molar-refractivity contribution in [2.24, 2.45) is 0 Å². The maximum atomic E-state index is 13.2. The highest BCUT2D eigenvalue weighted by molar-refractivity contribution is 5.80. The van der Waals surface area contributed by atoms with Gasteiger partial charge in [0.05, 0.1) is 16.6 Å². The first-order chi connectivity index (χ1) is 13.1. The number of para-hydroxylation sites is 1. The van der Waals surface area contributed by atoms with E-state index < -0.39 is 0 Å². The average Bonchev–Trinajstić information content (AvgIpc) is 2.69. The number of nitrogens with zero attached hydrogens (tertiary/aromatic N) is 2. The molecule has 0 N–H and O–H groups in total. The molecule has 132 valence electrons. The van der Waals surface area contributed by atoms with Crippen LogP contribution in [0.25, 0.3) is 28.7 Å². The Kier molecular flexibility index (Phi) is 4.43. The lowest BCUT2D eigenvalue weighted by molar-refractivity contribution is 0.943. The van der Waals surface area contributed by atoms with E-state index in [2.05, 4.69) is 31.2 Å². The van der Waals surface area contributed by atoms with Crippen LogP contribution in [0, 0.1) is 13.8 Å². The second kappa shape index (κ2) is 7.04. The van der Waals surface area contributed by atoms with E-state index in [1.54, 1.807) is 4.57 Å². The van der Waals surface area contributed by atoms with Crippen molar-refractivity contribution in [1.29, 1.82) is 0 Å². The molecule has 0 saturated heterocycles. The van der Waals surface area contributed by atoms with Crippen LogP contribution in [-0.2, 0) is 0 Å². The van der Waals surface area contributed by atoms with Crippen LogP contribution >= 0.6 is 0 Å². The standard InChI is InChI=1S/C24H20N2O/c1-17-7-11-19(12-8-17)13-16-23-25-22-6-4-3-5-21(22)24(27)26(23)20-14-9-18(2)10-15-20/h3-16H,1-2H3. The van der Waals surface area contributed by atoms with Crippen LogP contribution in [0.1, 0.15) is 22.5 Å². The lowest BCUT2D eigenvalue weighted by Gasteiger charge is -2.11. The molecule has 0 spiro atoms. The van der Waals surface area contributed by atoms with Crippen LogP contribution in [0.5, 0.6) is 0 Å². The van der Waals surface area contributed by atoms with Gasteiger partial charge >= 0.3 is 0 Å². The number of benzene rings is 3. The van der Waals surface area contributed by atoms with Crippen LogP contribution in [-0.4, -0.2) is 9.55 Å². The van der Waals surface area contributed by atoms with Crippen molar-refractivity contribution >= 4 is 23.1 Å². The quantitative estimate of drug-likeness (QED) is 0.510. The molecule has 0 bridgehead atoms. The summed E-state index contributed by atoms with van der Waals surface area (Å²) in [6.45, 7) is 4.09. The van der Waals surface area contributed by atoms with Gasteiger partial charge in [0, 0.05) is 0 Å². The normalized spacial score (nSPS) is 11.3. The number of rotatable bonds is 3. The Morgan fingerprint density at radius 3 is 2.11 bits per heavy atom. The topological polar surface area (TPSA) is 34.9 Å². The van der Waals surface area contributed by atoms with Crippen LogP contribution in [0.15, 0.2) is 77.6 Å². The average molecular weight is 352 g/mol. The summed E-state index contributed by atoms with van der Waals surface area (Å²) in [7, 11) is 0. The van der Waals surface area contributed by atoms with Gasteiger partial charge in [0.1, 0.15) is 5.82 Å². The second-order valence-corrected chi connectivity index (χ2v) is 6.71. The van der Waals surface area contributed by atoms with Crippen LogP contribution in [0.4, 0.5) is 0 Å². The summed E-state index contributed by atoms with van der Waals surface area (Å²) < 4.78 is 1.67. The van der Waals surface area contributed by atoms with Crippen LogP contribution < -0.4 is 5.56 Å². The molecule has 3 aromatic carbocycles. The maximum Gasteiger partial charge on any atom is 0.266 e. The van der Waals surface area contributed by atoms with Gasteiger partial charge in [-0.15, -0.1) is 0 Å². The predicted octanol–water partition coefficient (Wildman–Crippen LogP) is 5.17. The minimum atomic E-state index is -0.0620. The molecule has 0 aliphatic heterocycles. The third kappa shape index (κ3) is 3.44. The van der Waals surface area contributed by atoms with E-state index in [-0.39, 0.29) is 5.56 Å². The molecular formula is C24H20N2O. The van der Waals surface area contributed by atoms with Gasteiger partial charge in [0.15, 0.2) is 0 Å². The van der Waals surface area contributed by atoms with E-state index in [0.717, 1.165) is 16.8 Å². The number of hydrogen-bond donors (Lipinski definition) is 0. The Bertz CT molecular complexity index is 1180.